The van der Waals surface area contributed by atoms with E-state index in [2.05, 4.69) is 56.1 Å². The lowest BCUT2D eigenvalue weighted by Crippen LogP contribution is -2.33. The Labute approximate surface area is 99.6 Å². The zero-order valence-corrected chi connectivity index (χ0v) is 10.4. The van der Waals surface area contributed by atoms with Crippen molar-refractivity contribution in [2.75, 3.05) is 0 Å². The second kappa shape index (κ2) is 7.24. The average molecular weight is 217 g/mol. The summed E-state index contributed by atoms with van der Waals surface area (Å²) in [6, 6.07) is 11.1. The Balaban J connectivity index is 2.46. The molecule has 0 radical (unpaired) electrons. The third-order valence-electron chi connectivity index (χ3n) is 3.16. The van der Waals surface area contributed by atoms with Crippen molar-refractivity contribution in [3.63, 3.8) is 0 Å². The van der Waals surface area contributed by atoms with Gasteiger partial charge < -0.3 is 5.32 Å². The normalized spacial score (nSPS) is 14.4. The van der Waals surface area contributed by atoms with Crippen molar-refractivity contribution in [3.8, 4) is 0 Å². The Morgan fingerprint density at radius 2 is 2.00 bits per heavy atom. The predicted octanol–water partition coefficient (Wildman–Crippen LogP) is 3.77. The summed E-state index contributed by atoms with van der Waals surface area (Å²) in [6.45, 7) is 9.32. The van der Waals surface area contributed by atoms with Gasteiger partial charge in [-0.05, 0) is 17.9 Å². The van der Waals surface area contributed by atoms with Crippen molar-refractivity contribution < 1.29 is 0 Å². The summed E-state index contributed by atoms with van der Waals surface area (Å²) < 4.78 is 0. The molecule has 1 aromatic rings. The van der Waals surface area contributed by atoms with Crippen molar-refractivity contribution in [1.29, 1.82) is 0 Å². The van der Waals surface area contributed by atoms with Crippen LogP contribution in [0.4, 0.5) is 0 Å². The molecule has 2 atom stereocenters. The van der Waals surface area contributed by atoms with Crippen LogP contribution < -0.4 is 5.32 Å². The van der Waals surface area contributed by atoms with E-state index in [0.717, 1.165) is 13.0 Å². The Kier molecular flexibility index (Phi) is 5.87. The highest BCUT2D eigenvalue weighted by molar-refractivity contribution is 5.14. The molecule has 2 unspecified atom stereocenters. The van der Waals surface area contributed by atoms with E-state index >= 15 is 0 Å². The number of rotatable bonds is 7. The fourth-order valence-corrected chi connectivity index (χ4v) is 1.83. The van der Waals surface area contributed by atoms with Crippen molar-refractivity contribution in [2.45, 2.75) is 39.3 Å². The highest BCUT2D eigenvalue weighted by Crippen LogP contribution is 2.12. The van der Waals surface area contributed by atoms with E-state index in [1.54, 1.807) is 0 Å². The molecule has 16 heavy (non-hydrogen) atoms. The minimum absolute atomic E-state index is 0.544. The third kappa shape index (κ3) is 4.19. The van der Waals surface area contributed by atoms with Crippen molar-refractivity contribution in [2.24, 2.45) is 5.92 Å². The molecule has 0 aliphatic heterocycles. The summed E-state index contributed by atoms with van der Waals surface area (Å²) >= 11 is 0. The number of hydrogen-bond acceptors (Lipinski definition) is 1. The second-order valence-corrected chi connectivity index (χ2v) is 4.38. The van der Waals surface area contributed by atoms with Gasteiger partial charge in [0.05, 0.1) is 0 Å². The topological polar surface area (TPSA) is 12.0 Å². The quantitative estimate of drug-likeness (QED) is 0.686. The number of hydrogen-bond donors (Lipinski definition) is 1. The fraction of sp³-hybridized carbons (Fsp3) is 0.467. The van der Waals surface area contributed by atoms with E-state index in [9.17, 15) is 0 Å². The van der Waals surface area contributed by atoms with Crippen LogP contribution in [-0.2, 0) is 6.54 Å². The van der Waals surface area contributed by atoms with Crippen LogP contribution in [-0.4, -0.2) is 6.04 Å². The van der Waals surface area contributed by atoms with Gasteiger partial charge in [0.2, 0.25) is 0 Å². The summed E-state index contributed by atoms with van der Waals surface area (Å²) in [4.78, 5) is 0. The van der Waals surface area contributed by atoms with Gasteiger partial charge in [0, 0.05) is 12.6 Å². The molecule has 0 aliphatic carbocycles. The molecule has 0 aliphatic rings. The maximum atomic E-state index is 3.83. The first-order valence-electron chi connectivity index (χ1n) is 6.16. The van der Waals surface area contributed by atoms with Crippen LogP contribution in [0.1, 0.15) is 32.3 Å². The molecule has 0 heterocycles. The lowest BCUT2D eigenvalue weighted by molar-refractivity contribution is 0.367. The summed E-state index contributed by atoms with van der Waals surface area (Å²) in [7, 11) is 0. The van der Waals surface area contributed by atoms with Gasteiger partial charge in [0.1, 0.15) is 0 Å². The standard InChI is InChI=1S/C15H23N/c1-4-9-15(13(3)5-2)16-12-14-10-7-6-8-11-14/h4,6-8,10-11,13,15-16H,1,5,9,12H2,2-3H3. The van der Waals surface area contributed by atoms with Crippen molar-refractivity contribution >= 4 is 0 Å². The summed E-state index contributed by atoms with van der Waals surface area (Å²) in [5.41, 5.74) is 1.35. The van der Waals surface area contributed by atoms with Crippen LogP contribution >= 0.6 is 0 Å². The van der Waals surface area contributed by atoms with Crippen LogP contribution in [0.5, 0.6) is 0 Å². The molecule has 0 spiro atoms. The van der Waals surface area contributed by atoms with Gasteiger partial charge in [-0.25, -0.2) is 0 Å². The molecule has 0 amide bonds. The van der Waals surface area contributed by atoms with Crippen LogP contribution in [0.15, 0.2) is 43.0 Å². The first-order valence-corrected chi connectivity index (χ1v) is 6.16. The summed E-state index contributed by atoms with van der Waals surface area (Å²) in [6.07, 6.45) is 4.26. The molecule has 0 saturated heterocycles. The molecule has 1 nitrogen and oxygen atoms in total. The SMILES string of the molecule is C=CCC(NCc1ccccc1)C(C)CC. The second-order valence-electron chi connectivity index (χ2n) is 4.38. The van der Waals surface area contributed by atoms with Crippen LogP contribution in [0, 0.1) is 5.92 Å². The van der Waals surface area contributed by atoms with E-state index in [4.69, 9.17) is 0 Å². The van der Waals surface area contributed by atoms with Gasteiger partial charge in [-0.3, -0.25) is 0 Å². The molecule has 0 saturated carbocycles. The van der Waals surface area contributed by atoms with Crippen molar-refractivity contribution in [1.82, 2.24) is 5.32 Å². The van der Waals surface area contributed by atoms with Gasteiger partial charge >= 0.3 is 0 Å². The number of nitrogens with one attached hydrogen (secondary N) is 1. The number of benzene rings is 1. The molecule has 1 heteroatoms. The smallest absolute Gasteiger partial charge is 0.0208 e. The van der Waals surface area contributed by atoms with E-state index < -0.39 is 0 Å². The van der Waals surface area contributed by atoms with Crippen LogP contribution in [0.25, 0.3) is 0 Å². The molecular weight excluding hydrogens is 194 g/mol. The Morgan fingerprint density at radius 3 is 2.56 bits per heavy atom. The highest BCUT2D eigenvalue weighted by Gasteiger charge is 2.13. The monoisotopic (exact) mass is 217 g/mol. The molecule has 1 aromatic carbocycles. The largest absolute Gasteiger partial charge is 0.309 e. The van der Waals surface area contributed by atoms with Gasteiger partial charge in [0.15, 0.2) is 0 Å². The fourth-order valence-electron chi connectivity index (χ4n) is 1.83. The van der Waals surface area contributed by atoms with Gasteiger partial charge in [-0.1, -0.05) is 56.7 Å². The van der Waals surface area contributed by atoms with Crippen LogP contribution in [0.3, 0.4) is 0 Å². The predicted molar refractivity (Wildman–Crippen MR) is 71.3 cm³/mol. The maximum absolute atomic E-state index is 3.83. The highest BCUT2D eigenvalue weighted by atomic mass is 14.9. The minimum atomic E-state index is 0.544. The molecule has 1 N–H and O–H groups in total. The van der Waals surface area contributed by atoms with E-state index in [1.807, 2.05) is 6.08 Å². The summed E-state index contributed by atoms with van der Waals surface area (Å²) in [5, 5.41) is 3.62. The van der Waals surface area contributed by atoms with Gasteiger partial charge in [0.25, 0.3) is 0 Å². The Hall–Kier alpha value is -1.08. The van der Waals surface area contributed by atoms with Gasteiger partial charge in [-0.2, -0.15) is 0 Å². The van der Waals surface area contributed by atoms with Gasteiger partial charge in [-0.15, -0.1) is 6.58 Å². The van der Waals surface area contributed by atoms with E-state index in [0.29, 0.717) is 12.0 Å². The van der Waals surface area contributed by atoms with Crippen LogP contribution in [0.2, 0.25) is 0 Å². The lowest BCUT2D eigenvalue weighted by Gasteiger charge is -2.23. The Morgan fingerprint density at radius 1 is 1.31 bits per heavy atom. The zero-order chi connectivity index (χ0) is 11.8. The molecule has 0 aromatic heterocycles. The molecule has 0 fully saturated rings. The molecular formula is C15H23N. The molecule has 1 rings (SSSR count). The third-order valence-corrected chi connectivity index (χ3v) is 3.16. The lowest BCUT2D eigenvalue weighted by atomic mass is 9.96. The maximum Gasteiger partial charge on any atom is 0.0208 e. The molecule has 88 valence electrons. The van der Waals surface area contributed by atoms with E-state index in [-0.39, 0.29) is 0 Å². The molecule has 0 bridgehead atoms. The average Bonchev–Trinajstić information content (AvgIpc) is 2.34. The first-order chi connectivity index (χ1) is 7.77. The first kappa shape index (κ1) is 13.0. The minimum Gasteiger partial charge on any atom is -0.309 e. The summed E-state index contributed by atoms with van der Waals surface area (Å²) in [5.74, 6) is 0.696. The Bertz CT molecular complexity index is 292. The zero-order valence-electron chi connectivity index (χ0n) is 10.4. The van der Waals surface area contributed by atoms with E-state index in [1.165, 1.54) is 12.0 Å². The van der Waals surface area contributed by atoms with Crippen molar-refractivity contribution in [3.05, 3.63) is 48.6 Å².